The largest absolute Gasteiger partial charge is 0.487 e. The Morgan fingerprint density at radius 3 is 2.72 bits per heavy atom. The van der Waals surface area contributed by atoms with E-state index in [1.165, 1.54) is 7.11 Å². The van der Waals surface area contributed by atoms with E-state index in [-0.39, 0.29) is 17.1 Å². The zero-order valence-corrected chi connectivity index (χ0v) is 15.2. The van der Waals surface area contributed by atoms with E-state index >= 15 is 0 Å². The van der Waals surface area contributed by atoms with Gasteiger partial charge in [-0.15, -0.1) is 0 Å². The Labute approximate surface area is 147 Å². The third-order valence-electron chi connectivity index (χ3n) is 5.00. The van der Waals surface area contributed by atoms with Crippen LogP contribution in [0.4, 0.5) is 0 Å². The summed E-state index contributed by atoms with van der Waals surface area (Å²) < 4.78 is 18.8. The number of hydrogen-bond donors (Lipinski definition) is 0. The second kappa shape index (κ2) is 5.46. The van der Waals surface area contributed by atoms with Crippen LogP contribution in [-0.4, -0.2) is 40.8 Å². The molecule has 2 fully saturated rings. The first-order chi connectivity index (χ1) is 11.8. The van der Waals surface area contributed by atoms with Crippen molar-refractivity contribution < 1.29 is 19.0 Å². The molecule has 1 aliphatic heterocycles. The topological polar surface area (TPSA) is 62.1 Å². The highest BCUT2D eigenvalue weighted by Gasteiger charge is 2.51. The number of esters is 1. The van der Waals surface area contributed by atoms with Gasteiger partial charge in [0, 0.05) is 30.3 Å². The Bertz CT molecular complexity index is 830. The summed E-state index contributed by atoms with van der Waals surface area (Å²) in [6, 6.07) is 1.82. The summed E-state index contributed by atoms with van der Waals surface area (Å²) in [5, 5.41) is 0. The molecule has 0 radical (unpaired) electrons. The molecule has 25 heavy (non-hydrogen) atoms. The van der Waals surface area contributed by atoms with Gasteiger partial charge in [-0.2, -0.15) is 0 Å². The molecule has 0 N–H and O–H groups in total. The second-order valence-corrected chi connectivity index (χ2v) is 8.12. The number of imidazole rings is 1. The van der Waals surface area contributed by atoms with Crippen molar-refractivity contribution in [1.82, 2.24) is 9.38 Å². The number of aromatic nitrogens is 2. The molecule has 1 saturated heterocycles. The summed E-state index contributed by atoms with van der Waals surface area (Å²) in [4.78, 5) is 16.9. The van der Waals surface area contributed by atoms with E-state index < -0.39 is 5.97 Å². The molecule has 3 heterocycles. The second-order valence-electron chi connectivity index (χ2n) is 8.12. The number of carbonyl (C=O) groups excluding carboxylic acids is 1. The van der Waals surface area contributed by atoms with Crippen molar-refractivity contribution in [2.24, 2.45) is 0 Å². The van der Waals surface area contributed by atoms with Crippen molar-refractivity contribution in [3.63, 3.8) is 0 Å². The first-order valence-electron chi connectivity index (χ1n) is 8.72. The molecule has 6 nitrogen and oxygen atoms in total. The fraction of sp³-hybridized carbons (Fsp3) is 0.579. The van der Waals surface area contributed by atoms with Gasteiger partial charge >= 0.3 is 5.97 Å². The Morgan fingerprint density at radius 2 is 2.12 bits per heavy atom. The van der Waals surface area contributed by atoms with Crippen LogP contribution in [0.15, 0.2) is 18.5 Å². The maximum Gasteiger partial charge on any atom is 0.343 e. The molecule has 0 aromatic carbocycles. The lowest BCUT2D eigenvalue weighted by Gasteiger charge is -2.15. The van der Waals surface area contributed by atoms with Crippen LogP contribution in [0.1, 0.15) is 56.1 Å². The first kappa shape index (κ1) is 16.4. The molecule has 0 amide bonds. The molecule has 0 bridgehead atoms. The van der Waals surface area contributed by atoms with Crippen LogP contribution < -0.4 is 4.74 Å². The van der Waals surface area contributed by atoms with Crippen molar-refractivity contribution in [2.75, 3.05) is 13.7 Å². The number of methoxy groups -OCH3 is 1. The maximum absolute atomic E-state index is 12.2. The number of ether oxygens (including phenoxy) is 3. The number of hydrogen-bond acceptors (Lipinski definition) is 5. The van der Waals surface area contributed by atoms with Gasteiger partial charge in [0.2, 0.25) is 0 Å². The molecule has 134 valence electrons. The smallest absolute Gasteiger partial charge is 0.343 e. The minimum atomic E-state index is -0.414. The highest BCUT2D eigenvalue weighted by atomic mass is 16.6. The van der Waals surface area contributed by atoms with E-state index in [2.05, 4.69) is 25.8 Å². The molecule has 4 rings (SSSR count). The number of carbonyl (C=O) groups is 1. The molecule has 1 unspecified atom stereocenters. The molecule has 1 spiro atoms. The third kappa shape index (κ3) is 2.99. The Morgan fingerprint density at radius 1 is 1.36 bits per heavy atom. The van der Waals surface area contributed by atoms with Crippen molar-refractivity contribution in [3.8, 4) is 5.75 Å². The SMILES string of the molecule is COC(=O)c1cn2cc(C(C)(C)C)nc2cc1OC1COC2(CC2)C1. The molecule has 1 atom stereocenters. The summed E-state index contributed by atoms with van der Waals surface area (Å²) in [6.07, 6.45) is 6.73. The summed E-state index contributed by atoms with van der Waals surface area (Å²) in [5.41, 5.74) is 2.09. The molecule has 2 aromatic rings. The van der Waals surface area contributed by atoms with E-state index in [1.54, 1.807) is 6.20 Å². The average molecular weight is 344 g/mol. The monoisotopic (exact) mass is 344 g/mol. The molecular formula is C19H24N2O4. The number of rotatable bonds is 3. The predicted molar refractivity (Wildman–Crippen MR) is 92.2 cm³/mol. The quantitative estimate of drug-likeness (QED) is 0.801. The summed E-state index contributed by atoms with van der Waals surface area (Å²) in [6.45, 7) is 6.89. The van der Waals surface area contributed by atoms with Crippen LogP contribution in [0.3, 0.4) is 0 Å². The van der Waals surface area contributed by atoms with E-state index in [1.807, 2.05) is 16.7 Å². The number of pyridine rings is 1. The predicted octanol–water partition coefficient (Wildman–Crippen LogP) is 3.12. The van der Waals surface area contributed by atoms with Crippen molar-refractivity contribution >= 4 is 11.6 Å². The number of nitrogens with zero attached hydrogens (tertiary/aromatic N) is 2. The Kier molecular flexibility index (Phi) is 3.58. The molecule has 2 aliphatic rings. The van der Waals surface area contributed by atoms with Crippen LogP contribution in [0.5, 0.6) is 5.75 Å². The van der Waals surface area contributed by atoms with Crippen LogP contribution in [0.2, 0.25) is 0 Å². The summed E-state index contributed by atoms with van der Waals surface area (Å²) in [7, 11) is 1.38. The standard InChI is InChI=1S/C19H24N2O4/c1-18(2,3)15-10-21-9-13(17(22)23-4)14(7-16(21)20-15)25-12-8-19(5-6-19)24-11-12/h7,9-10,12H,5-6,8,11H2,1-4H3. The summed E-state index contributed by atoms with van der Waals surface area (Å²) in [5.74, 6) is 0.0969. The lowest BCUT2D eigenvalue weighted by Crippen LogP contribution is -2.19. The average Bonchev–Trinajstić information content (AvgIpc) is 2.99. The van der Waals surface area contributed by atoms with Crippen molar-refractivity contribution in [1.29, 1.82) is 0 Å². The zero-order chi connectivity index (χ0) is 17.8. The van der Waals surface area contributed by atoms with Gasteiger partial charge < -0.3 is 18.6 Å². The van der Waals surface area contributed by atoms with E-state index in [0.717, 1.165) is 30.6 Å². The van der Waals surface area contributed by atoms with Gasteiger partial charge in [0.25, 0.3) is 0 Å². The molecular weight excluding hydrogens is 320 g/mol. The van der Waals surface area contributed by atoms with Gasteiger partial charge in [-0.3, -0.25) is 0 Å². The first-order valence-corrected chi connectivity index (χ1v) is 8.72. The normalized spacial score (nSPS) is 21.7. The van der Waals surface area contributed by atoms with Gasteiger partial charge in [-0.05, 0) is 12.8 Å². The molecule has 2 aromatic heterocycles. The molecule has 6 heteroatoms. The highest BCUT2D eigenvalue weighted by Crippen LogP contribution is 2.48. The summed E-state index contributed by atoms with van der Waals surface area (Å²) >= 11 is 0. The fourth-order valence-electron chi connectivity index (χ4n) is 3.28. The minimum Gasteiger partial charge on any atom is -0.487 e. The van der Waals surface area contributed by atoms with E-state index in [4.69, 9.17) is 14.2 Å². The zero-order valence-electron chi connectivity index (χ0n) is 15.2. The third-order valence-corrected chi connectivity index (χ3v) is 5.00. The van der Waals surface area contributed by atoms with Gasteiger partial charge in [0.15, 0.2) is 0 Å². The lowest BCUT2D eigenvalue weighted by molar-refractivity contribution is 0.0587. The molecule has 1 aliphatic carbocycles. The van der Waals surface area contributed by atoms with Crippen LogP contribution in [0.25, 0.3) is 5.65 Å². The highest BCUT2D eigenvalue weighted by molar-refractivity contribution is 5.92. The Hall–Kier alpha value is -2.08. The van der Waals surface area contributed by atoms with Gasteiger partial charge in [0.1, 0.15) is 23.1 Å². The maximum atomic E-state index is 12.2. The van der Waals surface area contributed by atoms with E-state index in [0.29, 0.717) is 17.9 Å². The Balaban J connectivity index is 1.71. The fourth-order valence-corrected chi connectivity index (χ4v) is 3.28. The minimum absolute atomic E-state index is 0.0346. The van der Waals surface area contributed by atoms with Gasteiger partial charge in [-0.25, -0.2) is 9.78 Å². The van der Waals surface area contributed by atoms with Crippen LogP contribution >= 0.6 is 0 Å². The van der Waals surface area contributed by atoms with Crippen molar-refractivity contribution in [3.05, 3.63) is 29.7 Å². The van der Waals surface area contributed by atoms with Crippen LogP contribution in [0, 0.1) is 0 Å². The lowest BCUT2D eigenvalue weighted by atomic mass is 9.93. The van der Waals surface area contributed by atoms with Gasteiger partial charge in [-0.1, -0.05) is 20.8 Å². The van der Waals surface area contributed by atoms with E-state index in [9.17, 15) is 4.79 Å². The van der Waals surface area contributed by atoms with Crippen LogP contribution in [-0.2, 0) is 14.9 Å². The van der Waals surface area contributed by atoms with Crippen molar-refractivity contribution in [2.45, 2.75) is 57.2 Å². The van der Waals surface area contributed by atoms with Gasteiger partial charge in [0.05, 0.1) is 25.0 Å². The molecule has 1 saturated carbocycles. The number of fused-ring (bicyclic) bond motifs is 1.